The Labute approximate surface area is 114 Å². The minimum Gasteiger partial charge on any atom is -0.389 e. The number of aryl methyl sites for hydroxylation is 1. The number of thiazole rings is 1. The molecule has 0 unspecified atom stereocenters. The van der Waals surface area contributed by atoms with E-state index in [0.717, 1.165) is 29.2 Å². The van der Waals surface area contributed by atoms with Crippen LogP contribution in [0.1, 0.15) is 16.3 Å². The minimum atomic E-state index is 0.317. The van der Waals surface area contributed by atoms with Crippen molar-refractivity contribution in [2.45, 2.75) is 13.3 Å². The summed E-state index contributed by atoms with van der Waals surface area (Å²) in [5.74, 6) is 0.622. The van der Waals surface area contributed by atoms with Crippen LogP contribution in [0.4, 0.5) is 5.82 Å². The van der Waals surface area contributed by atoms with Gasteiger partial charge in [0.05, 0.1) is 22.5 Å². The van der Waals surface area contributed by atoms with Crippen LogP contribution in [0.25, 0.3) is 0 Å². The highest BCUT2D eigenvalue weighted by molar-refractivity contribution is 7.80. The average Bonchev–Trinajstić information content (AvgIpc) is 2.75. The topological polar surface area (TPSA) is 76.7 Å². The molecule has 0 radical (unpaired) electrons. The van der Waals surface area contributed by atoms with E-state index in [1.54, 1.807) is 23.6 Å². The molecular formula is C11H13N5S2. The van der Waals surface area contributed by atoms with Crippen LogP contribution < -0.4 is 11.1 Å². The number of aromatic nitrogens is 3. The molecular weight excluding hydrogens is 266 g/mol. The summed E-state index contributed by atoms with van der Waals surface area (Å²) in [6, 6.07) is 1.75. The van der Waals surface area contributed by atoms with Crippen molar-refractivity contribution < 1.29 is 0 Å². The first-order chi connectivity index (χ1) is 8.66. The quantitative estimate of drug-likeness (QED) is 0.808. The highest BCUT2D eigenvalue weighted by atomic mass is 32.1. The van der Waals surface area contributed by atoms with Crippen LogP contribution in [-0.4, -0.2) is 26.7 Å². The van der Waals surface area contributed by atoms with Crippen molar-refractivity contribution in [2.75, 3.05) is 11.9 Å². The van der Waals surface area contributed by atoms with Crippen molar-refractivity contribution in [1.29, 1.82) is 0 Å². The lowest BCUT2D eigenvalue weighted by molar-refractivity contribution is 0.938. The van der Waals surface area contributed by atoms with Gasteiger partial charge >= 0.3 is 0 Å². The predicted molar refractivity (Wildman–Crippen MR) is 77.0 cm³/mol. The molecule has 0 aliphatic rings. The molecule has 0 aliphatic heterocycles. The van der Waals surface area contributed by atoms with Gasteiger partial charge in [-0.15, -0.1) is 16.4 Å². The van der Waals surface area contributed by atoms with Crippen LogP contribution in [0.15, 0.2) is 17.6 Å². The Kier molecular flexibility index (Phi) is 4.16. The van der Waals surface area contributed by atoms with E-state index in [-0.39, 0.29) is 0 Å². The van der Waals surface area contributed by atoms with E-state index in [1.165, 1.54) is 0 Å². The molecule has 0 saturated heterocycles. The maximum atomic E-state index is 5.61. The zero-order valence-electron chi connectivity index (χ0n) is 9.88. The van der Waals surface area contributed by atoms with Crippen molar-refractivity contribution >= 4 is 34.4 Å². The van der Waals surface area contributed by atoms with Gasteiger partial charge in [0.2, 0.25) is 0 Å². The molecule has 0 saturated carbocycles. The molecule has 0 fully saturated rings. The maximum Gasteiger partial charge on any atom is 0.158 e. The molecule has 0 aliphatic carbocycles. The van der Waals surface area contributed by atoms with E-state index in [4.69, 9.17) is 18.0 Å². The van der Waals surface area contributed by atoms with Crippen LogP contribution in [-0.2, 0) is 6.42 Å². The molecule has 0 aromatic carbocycles. The van der Waals surface area contributed by atoms with Crippen LogP contribution in [0.5, 0.6) is 0 Å². The second kappa shape index (κ2) is 5.83. The number of nitrogens with one attached hydrogen (secondary N) is 1. The Hall–Kier alpha value is -1.60. The monoisotopic (exact) mass is 279 g/mol. The number of hydrogen-bond donors (Lipinski definition) is 2. The van der Waals surface area contributed by atoms with Gasteiger partial charge in [-0.25, -0.2) is 4.98 Å². The lowest BCUT2D eigenvalue weighted by Crippen LogP contribution is -2.16. The molecule has 2 aromatic heterocycles. The first-order valence-corrected chi connectivity index (χ1v) is 6.72. The number of nitrogens with two attached hydrogens (primary N) is 1. The molecule has 0 spiro atoms. The fourth-order valence-corrected chi connectivity index (χ4v) is 2.31. The molecule has 2 rings (SSSR count). The van der Waals surface area contributed by atoms with Crippen molar-refractivity contribution in [2.24, 2.45) is 5.73 Å². The number of hydrogen-bond acceptors (Lipinski definition) is 6. The molecule has 18 heavy (non-hydrogen) atoms. The van der Waals surface area contributed by atoms with Gasteiger partial charge in [-0.3, -0.25) is 0 Å². The molecule has 2 heterocycles. The third kappa shape index (κ3) is 3.21. The molecule has 0 bridgehead atoms. The Morgan fingerprint density at radius 2 is 2.39 bits per heavy atom. The smallest absolute Gasteiger partial charge is 0.158 e. The zero-order chi connectivity index (χ0) is 13.0. The molecule has 7 heteroatoms. The second-order valence-corrected chi connectivity index (χ2v) is 5.19. The Morgan fingerprint density at radius 1 is 1.56 bits per heavy atom. The average molecular weight is 279 g/mol. The zero-order valence-corrected chi connectivity index (χ0v) is 11.5. The molecule has 5 nitrogen and oxygen atoms in total. The molecule has 2 aromatic rings. The van der Waals surface area contributed by atoms with Crippen molar-refractivity contribution in [3.05, 3.63) is 33.9 Å². The summed E-state index contributed by atoms with van der Waals surface area (Å²) in [5, 5.41) is 14.1. The van der Waals surface area contributed by atoms with Gasteiger partial charge in [0.1, 0.15) is 4.99 Å². The maximum absolute atomic E-state index is 5.61. The largest absolute Gasteiger partial charge is 0.389 e. The lowest BCUT2D eigenvalue weighted by atomic mass is 10.2. The first-order valence-electron chi connectivity index (χ1n) is 5.43. The van der Waals surface area contributed by atoms with Gasteiger partial charge in [-0.2, -0.15) is 5.10 Å². The van der Waals surface area contributed by atoms with E-state index >= 15 is 0 Å². The molecule has 0 amide bonds. The van der Waals surface area contributed by atoms with Crippen molar-refractivity contribution in [3.63, 3.8) is 0 Å². The number of rotatable bonds is 5. The van der Waals surface area contributed by atoms with Gasteiger partial charge in [0, 0.05) is 18.3 Å². The fourth-order valence-electron chi connectivity index (χ4n) is 1.49. The number of thiocarbonyl (C=S) groups is 1. The Morgan fingerprint density at radius 3 is 3.06 bits per heavy atom. The summed E-state index contributed by atoms with van der Waals surface area (Å²) < 4.78 is 0. The molecule has 3 N–H and O–H groups in total. The summed E-state index contributed by atoms with van der Waals surface area (Å²) in [7, 11) is 0. The first kappa shape index (κ1) is 12.8. The van der Waals surface area contributed by atoms with Crippen molar-refractivity contribution in [3.8, 4) is 0 Å². The third-order valence-electron chi connectivity index (χ3n) is 2.33. The van der Waals surface area contributed by atoms with Gasteiger partial charge in [-0.1, -0.05) is 12.2 Å². The van der Waals surface area contributed by atoms with Gasteiger partial charge in [0.25, 0.3) is 0 Å². The van der Waals surface area contributed by atoms with Gasteiger partial charge in [-0.05, 0) is 13.0 Å². The van der Waals surface area contributed by atoms with Gasteiger partial charge < -0.3 is 11.1 Å². The third-order valence-corrected chi connectivity index (χ3v) is 3.37. The van der Waals surface area contributed by atoms with Crippen LogP contribution >= 0.6 is 23.6 Å². The highest BCUT2D eigenvalue weighted by Gasteiger charge is 2.06. The highest BCUT2D eigenvalue weighted by Crippen LogP contribution is 2.11. The Balaban J connectivity index is 1.96. The van der Waals surface area contributed by atoms with Gasteiger partial charge in [0.15, 0.2) is 5.82 Å². The van der Waals surface area contributed by atoms with Crippen LogP contribution in [0.2, 0.25) is 0 Å². The van der Waals surface area contributed by atoms with E-state index in [1.807, 2.05) is 6.92 Å². The standard InChI is InChI=1S/C11H13N5S2/c1-7-15-8(6-18-7)2-4-13-11-9(10(12)17)3-5-14-16-11/h3,5-6H,2,4H2,1H3,(H2,12,17)(H,13,16). The number of nitrogens with zero attached hydrogens (tertiary/aromatic N) is 3. The van der Waals surface area contributed by atoms with Crippen LogP contribution in [0, 0.1) is 6.92 Å². The summed E-state index contributed by atoms with van der Waals surface area (Å²) in [6.45, 7) is 2.71. The Bertz CT molecular complexity index is 552. The van der Waals surface area contributed by atoms with E-state index < -0.39 is 0 Å². The fraction of sp³-hybridized carbons (Fsp3) is 0.273. The summed E-state index contributed by atoms with van der Waals surface area (Å²) in [4.78, 5) is 4.71. The summed E-state index contributed by atoms with van der Waals surface area (Å²) >= 11 is 6.61. The predicted octanol–water partition coefficient (Wildman–Crippen LogP) is 1.53. The van der Waals surface area contributed by atoms with E-state index in [0.29, 0.717) is 10.8 Å². The summed E-state index contributed by atoms with van der Waals surface area (Å²) in [6.07, 6.45) is 2.40. The minimum absolute atomic E-state index is 0.317. The second-order valence-electron chi connectivity index (χ2n) is 3.69. The lowest BCUT2D eigenvalue weighted by Gasteiger charge is -2.07. The number of anilines is 1. The van der Waals surface area contributed by atoms with Crippen molar-refractivity contribution in [1.82, 2.24) is 15.2 Å². The normalized spacial score (nSPS) is 10.3. The van der Waals surface area contributed by atoms with E-state index in [9.17, 15) is 0 Å². The van der Waals surface area contributed by atoms with Crippen LogP contribution in [0.3, 0.4) is 0 Å². The summed E-state index contributed by atoms with van der Waals surface area (Å²) in [5.41, 5.74) is 7.41. The SMILES string of the molecule is Cc1nc(CCNc2nnccc2C(N)=S)cs1. The molecule has 0 atom stereocenters. The van der Waals surface area contributed by atoms with E-state index in [2.05, 4.69) is 25.9 Å². The molecule has 94 valence electrons.